The molecule has 2 unspecified atom stereocenters. The Bertz CT molecular complexity index is 464. The molecule has 1 aliphatic rings. The molecule has 1 heterocycles. The lowest BCUT2D eigenvalue weighted by atomic mass is 9.98. The molecule has 2 rings (SSSR count). The molecule has 1 aromatic carbocycles. The highest BCUT2D eigenvalue weighted by Crippen LogP contribution is 2.25. The Kier molecular flexibility index (Phi) is 5.46. The van der Waals surface area contributed by atoms with Crippen LogP contribution in [-0.4, -0.2) is 35.3 Å². The molecule has 3 nitrogen and oxygen atoms in total. The van der Waals surface area contributed by atoms with E-state index in [9.17, 15) is 4.79 Å². The Morgan fingerprint density at radius 2 is 2.30 bits per heavy atom. The van der Waals surface area contributed by atoms with E-state index in [1.54, 1.807) is 0 Å². The second-order valence-electron chi connectivity index (χ2n) is 5.41. The summed E-state index contributed by atoms with van der Waals surface area (Å²) in [7, 11) is 0. The average Bonchev–Trinajstić information content (AvgIpc) is 2.47. The number of amides is 1. The van der Waals surface area contributed by atoms with Crippen LogP contribution >= 0.6 is 15.9 Å². The molecule has 1 fully saturated rings. The average molecular weight is 340 g/mol. The Hall–Kier alpha value is -1.03. The fourth-order valence-corrected chi connectivity index (χ4v) is 2.94. The summed E-state index contributed by atoms with van der Waals surface area (Å²) in [6.45, 7) is 6.59. The van der Waals surface area contributed by atoms with Crippen LogP contribution in [0.5, 0.6) is 5.75 Å². The van der Waals surface area contributed by atoms with Gasteiger partial charge in [-0.25, -0.2) is 0 Å². The van der Waals surface area contributed by atoms with E-state index in [0.29, 0.717) is 22.9 Å². The van der Waals surface area contributed by atoms with Gasteiger partial charge in [-0.1, -0.05) is 35.8 Å². The van der Waals surface area contributed by atoms with Crippen molar-refractivity contribution in [1.82, 2.24) is 4.90 Å². The van der Waals surface area contributed by atoms with Crippen molar-refractivity contribution in [3.05, 3.63) is 29.8 Å². The van der Waals surface area contributed by atoms with E-state index >= 15 is 0 Å². The molecule has 4 heteroatoms. The first kappa shape index (κ1) is 15.4. The predicted molar refractivity (Wildman–Crippen MR) is 84.6 cm³/mol. The van der Waals surface area contributed by atoms with E-state index < -0.39 is 0 Å². The van der Waals surface area contributed by atoms with Crippen molar-refractivity contribution in [1.29, 1.82) is 0 Å². The van der Waals surface area contributed by atoms with Crippen LogP contribution in [-0.2, 0) is 0 Å². The highest BCUT2D eigenvalue weighted by Gasteiger charge is 2.27. The van der Waals surface area contributed by atoms with Crippen LogP contribution in [0.1, 0.15) is 37.0 Å². The quantitative estimate of drug-likeness (QED) is 0.782. The summed E-state index contributed by atoms with van der Waals surface area (Å²) in [6, 6.07) is 7.50. The number of nitrogens with zero attached hydrogens (tertiary/aromatic N) is 1. The first-order valence-corrected chi connectivity index (χ1v) is 8.19. The van der Waals surface area contributed by atoms with E-state index in [1.165, 1.54) is 0 Å². The zero-order valence-corrected chi connectivity index (χ0v) is 13.7. The number of likely N-dealkylation sites (tertiary alicyclic amines) is 1. The molecule has 0 aliphatic carbocycles. The van der Waals surface area contributed by atoms with Crippen LogP contribution in [0.2, 0.25) is 0 Å². The first-order valence-electron chi connectivity index (χ1n) is 7.28. The van der Waals surface area contributed by atoms with Gasteiger partial charge in [0.1, 0.15) is 5.75 Å². The lowest BCUT2D eigenvalue weighted by molar-refractivity contribution is 0.0705. The SMILES string of the molecule is CCCOc1cccc(C(=O)N2CCC(C)C(Br)C2)c1. The number of carbonyl (C=O) groups is 1. The normalized spacial score (nSPS) is 22.6. The van der Waals surface area contributed by atoms with Gasteiger partial charge in [0.15, 0.2) is 0 Å². The van der Waals surface area contributed by atoms with E-state index in [1.807, 2.05) is 29.2 Å². The molecule has 2 atom stereocenters. The summed E-state index contributed by atoms with van der Waals surface area (Å²) in [6.07, 6.45) is 2.02. The molecule has 0 saturated carbocycles. The highest BCUT2D eigenvalue weighted by atomic mass is 79.9. The predicted octanol–water partition coefficient (Wildman–Crippen LogP) is 3.72. The second-order valence-corrected chi connectivity index (χ2v) is 6.59. The Balaban J connectivity index is 2.05. The van der Waals surface area contributed by atoms with Gasteiger partial charge in [-0.2, -0.15) is 0 Å². The third kappa shape index (κ3) is 3.75. The minimum atomic E-state index is 0.100. The van der Waals surface area contributed by atoms with Gasteiger partial charge in [0.05, 0.1) is 6.61 Å². The number of benzene rings is 1. The lowest BCUT2D eigenvalue weighted by Crippen LogP contribution is -2.43. The number of alkyl halides is 1. The van der Waals surface area contributed by atoms with Crippen molar-refractivity contribution >= 4 is 21.8 Å². The van der Waals surface area contributed by atoms with E-state index in [0.717, 1.165) is 31.7 Å². The summed E-state index contributed by atoms with van der Waals surface area (Å²) in [4.78, 5) is 14.8. The van der Waals surface area contributed by atoms with Crippen LogP contribution in [0.4, 0.5) is 0 Å². The molecule has 0 aromatic heterocycles. The zero-order chi connectivity index (χ0) is 14.5. The highest BCUT2D eigenvalue weighted by molar-refractivity contribution is 9.09. The van der Waals surface area contributed by atoms with E-state index in [4.69, 9.17) is 4.74 Å². The fraction of sp³-hybridized carbons (Fsp3) is 0.562. The van der Waals surface area contributed by atoms with Gasteiger partial charge in [-0.3, -0.25) is 4.79 Å². The lowest BCUT2D eigenvalue weighted by Gasteiger charge is -2.34. The summed E-state index contributed by atoms with van der Waals surface area (Å²) in [5, 5.41) is 0. The molecule has 0 N–H and O–H groups in total. The minimum Gasteiger partial charge on any atom is -0.494 e. The summed E-state index contributed by atoms with van der Waals surface area (Å²) >= 11 is 3.67. The summed E-state index contributed by atoms with van der Waals surface area (Å²) in [5.41, 5.74) is 0.716. The number of hydrogen-bond acceptors (Lipinski definition) is 2. The van der Waals surface area contributed by atoms with Crippen molar-refractivity contribution in [3.63, 3.8) is 0 Å². The Morgan fingerprint density at radius 3 is 3.00 bits per heavy atom. The molecular weight excluding hydrogens is 318 g/mol. The maximum Gasteiger partial charge on any atom is 0.254 e. The molecular formula is C16H22BrNO2. The third-order valence-electron chi connectivity index (χ3n) is 3.71. The van der Waals surface area contributed by atoms with Gasteiger partial charge < -0.3 is 9.64 Å². The molecule has 1 aromatic rings. The number of halogens is 1. The monoisotopic (exact) mass is 339 g/mol. The van der Waals surface area contributed by atoms with Gasteiger partial charge in [0.25, 0.3) is 5.91 Å². The van der Waals surface area contributed by atoms with Crippen LogP contribution in [0.25, 0.3) is 0 Å². The fourth-order valence-electron chi connectivity index (χ4n) is 2.33. The molecule has 20 heavy (non-hydrogen) atoms. The standard InChI is InChI=1S/C16H22BrNO2/c1-3-9-20-14-6-4-5-13(10-14)16(19)18-8-7-12(2)15(17)11-18/h4-6,10,12,15H,3,7-9,11H2,1-2H3. The van der Waals surface area contributed by atoms with Crippen molar-refractivity contribution < 1.29 is 9.53 Å². The van der Waals surface area contributed by atoms with Gasteiger partial charge in [0.2, 0.25) is 0 Å². The maximum atomic E-state index is 12.5. The van der Waals surface area contributed by atoms with Crippen molar-refractivity contribution in [2.24, 2.45) is 5.92 Å². The second kappa shape index (κ2) is 7.11. The third-order valence-corrected chi connectivity index (χ3v) is 4.90. The number of hydrogen-bond donors (Lipinski definition) is 0. The smallest absolute Gasteiger partial charge is 0.254 e. The molecule has 0 spiro atoms. The van der Waals surface area contributed by atoms with Crippen LogP contribution in [0.15, 0.2) is 24.3 Å². The van der Waals surface area contributed by atoms with Gasteiger partial charge >= 0.3 is 0 Å². The number of rotatable bonds is 4. The molecule has 0 radical (unpaired) electrons. The maximum absolute atomic E-state index is 12.5. The molecule has 1 aliphatic heterocycles. The number of ether oxygens (including phenoxy) is 1. The Morgan fingerprint density at radius 1 is 1.50 bits per heavy atom. The summed E-state index contributed by atoms with van der Waals surface area (Å²) in [5.74, 6) is 1.50. The van der Waals surface area contributed by atoms with Crippen molar-refractivity contribution in [2.75, 3.05) is 19.7 Å². The van der Waals surface area contributed by atoms with Crippen molar-refractivity contribution in [3.8, 4) is 5.75 Å². The largest absolute Gasteiger partial charge is 0.494 e. The number of carbonyl (C=O) groups excluding carboxylic acids is 1. The molecule has 110 valence electrons. The zero-order valence-electron chi connectivity index (χ0n) is 12.1. The van der Waals surface area contributed by atoms with Gasteiger partial charge in [-0.15, -0.1) is 0 Å². The van der Waals surface area contributed by atoms with Crippen molar-refractivity contribution in [2.45, 2.75) is 31.5 Å². The molecule has 1 amide bonds. The van der Waals surface area contributed by atoms with Gasteiger partial charge in [0, 0.05) is 23.5 Å². The van der Waals surface area contributed by atoms with E-state index in [-0.39, 0.29) is 5.91 Å². The first-order chi connectivity index (χ1) is 9.61. The van der Waals surface area contributed by atoms with Crippen LogP contribution in [0, 0.1) is 5.92 Å². The van der Waals surface area contributed by atoms with Crippen LogP contribution < -0.4 is 4.74 Å². The van der Waals surface area contributed by atoms with E-state index in [2.05, 4.69) is 29.8 Å². The van der Waals surface area contributed by atoms with Gasteiger partial charge in [-0.05, 0) is 37.0 Å². The van der Waals surface area contributed by atoms with Crippen LogP contribution in [0.3, 0.4) is 0 Å². The minimum absolute atomic E-state index is 0.100. The summed E-state index contributed by atoms with van der Waals surface area (Å²) < 4.78 is 5.59. The molecule has 0 bridgehead atoms. The Labute approximate surface area is 129 Å². The topological polar surface area (TPSA) is 29.5 Å². The molecule has 1 saturated heterocycles. The number of piperidine rings is 1.